The molecule has 4 nitrogen and oxygen atoms in total. The molecule has 26 heavy (non-hydrogen) atoms. The number of nitrogens with one attached hydrogen (secondary N) is 1. The summed E-state index contributed by atoms with van der Waals surface area (Å²) >= 11 is 0.506. The first kappa shape index (κ1) is 25.5. The molecule has 0 heterocycles. The Kier molecular flexibility index (Phi) is 18.8. The van der Waals surface area contributed by atoms with Gasteiger partial charge in [0.2, 0.25) is 0 Å². The van der Waals surface area contributed by atoms with Gasteiger partial charge in [-0.2, -0.15) is 0 Å². The van der Waals surface area contributed by atoms with Crippen molar-refractivity contribution in [1.29, 1.82) is 0 Å². The van der Waals surface area contributed by atoms with Crippen LogP contribution in [0.1, 0.15) is 97.3 Å². The number of unbranched alkanes of at least 4 members (excludes halogenated alkanes) is 11. The molecule has 0 aliphatic heterocycles. The van der Waals surface area contributed by atoms with E-state index in [9.17, 15) is 9.59 Å². The maximum absolute atomic E-state index is 12.1. The Morgan fingerprint density at radius 3 is 1.85 bits per heavy atom. The fourth-order valence-electron chi connectivity index (χ4n) is 2.95. The van der Waals surface area contributed by atoms with Crippen molar-refractivity contribution >= 4 is 26.8 Å². The molecule has 0 spiro atoms. The average Bonchev–Trinajstić information content (AvgIpc) is 2.62. The summed E-state index contributed by atoms with van der Waals surface area (Å²) in [5.41, 5.74) is 0. The molecule has 0 aliphatic rings. The summed E-state index contributed by atoms with van der Waals surface area (Å²) in [6, 6.07) is -0.466. The Bertz CT molecular complexity index is 350. The summed E-state index contributed by atoms with van der Waals surface area (Å²) in [7, 11) is 0. The molecule has 0 unspecified atom stereocenters. The van der Waals surface area contributed by atoms with Gasteiger partial charge in [-0.15, -0.1) is 0 Å². The van der Waals surface area contributed by atoms with E-state index in [1.807, 2.05) is 0 Å². The fourth-order valence-corrected chi connectivity index (χ4v) is 3.94. The standard InChI is InChI=1S/C21H41NO3Se/c1-4-5-6-7-8-9-10-11-12-13-14-15-17-25-21(24)20(16-18-26-3)22-19(2)23/h20H,4-18H2,1-3H3,(H,22,23)/t20-/m0/s1. The summed E-state index contributed by atoms with van der Waals surface area (Å²) in [5.74, 6) is 1.70. The van der Waals surface area contributed by atoms with Gasteiger partial charge in [0.05, 0.1) is 0 Å². The molecular formula is C21H41NO3Se. The molecule has 0 saturated carbocycles. The monoisotopic (exact) mass is 435 g/mol. The van der Waals surface area contributed by atoms with Crippen LogP contribution in [0.4, 0.5) is 0 Å². The summed E-state index contributed by atoms with van der Waals surface area (Å²) in [5, 5.41) is 3.69. The molecule has 0 aliphatic carbocycles. The van der Waals surface area contributed by atoms with Gasteiger partial charge in [-0.3, -0.25) is 0 Å². The normalized spacial score (nSPS) is 12.0. The minimum atomic E-state index is -0.466. The number of amides is 1. The molecule has 5 heteroatoms. The molecule has 0 aromatic carbocycles. The molecule has 0 aromatic heterocycles. The van der Waals surface area contributed by atoms with Gasteiger partial charge in [0.1, 0.15) is 0 Å². The third kappa shape index (κ3) is 16.9. The van der Waals surface area contributed by atoms with E-state index >= 15 is 0 Å². The Morgan fingerprint density at radius 1 is 0.885 bits per heavy atom. The van der Waals surface area contributed by atoms with E-state index in [0.717, 1.165) is 18.2 Å². The van der Waals surface area contributed by atoms with Gasteiger partial charge in [-0.05, 0) is 0 Å². The zero-order valence-corrected chi connectivity index (χ0v) is 19.0. The first-order chi connectivity index (χ1) is 12.6. The van der Waals surface area contributed by atoms with Gasteiger partial charge in [0.15, 0.2) is 0 Å². The minimum absolute atomic E-state index is 0.166. The van der Waals surface area contributed by atoms with Crippen LogP contribution in [-0.2, 0) is 14.3 Å². The summed E-state index contributed by atoms with van der Waals surface area (Å²) in [4.78, 5) is 23.3. The number of carbonyl (C=O) groups excluding carboxylic acids is 2. The molecular weight excluding hydrogens is 393 g/mol. The Labute approximate surface area is 167 Å². The van der Waals surface area contributed by atoms with Gasteiger partial charge >= 0.3 is 122 Å². The van der Waals surface area contributed by atoms with Crippen molar-refractivity contribution < 1.29 is 14.3 Å². The van der Waals surface area contributed by atoms with Crippen molar-refractivity contribution in [1.82, 2.24) is 5.32 Å². The van der Waals surface area contributed by atoms with Crippen LogP contribution < -0.4 is 5.32 Å². The van der Waals surface area contributed by atoms with E-state index in [1.165, 1.54) is 71.1 Å². The fraction of sp³-hybridized carbons (Fsp3) is 0.905. The summed E-state index contributed by atoms with van der Waals surface area (Å²) in [6.45, 7) is 4.18. The Balaban J connectivity index is 3.51. The van der Waals surface area contributed by atoms with Crippen LogP contribution in [0, 0.1) is 0 Å². The Hall–Kier alpha value is -0.541. The predicted molar refractivity (Wildman–Crippen MR) is 111 cm³/mol. The number of rotatable bonds is 18. The van der Waals surface area contributed by atoms with Gasteiger partial charge in [-0.25, -0.2) is 0 Å². The van der Waals surface area contributed by atoms with E-state index in [1.54, 1.807) is 0 Å². The van der Waals surface area contributed by atoms with E-state index in [-0.39, 0.29) is 11.9 Å². The molecule has 0 bridgehead atoms. The van der Waals surface area contributed by atoms with Crippen molar-refractivity contribution in [2.24, 2.45) is 0 Å². The molecule has 1 atom stereocenters. The van der Waals surface area contributed by atoms with Crippen LogP contribution in [0.5, 0.6) is 0 Å². The quantitative estimate of drug-likeness (QED) is 0.181. The van der Waals surface area contributed by atoms with Crippen LogP contribution in [0.25, 0.3) is 0 Å². The Morgan fingerprint density at radius 2 is 1.38 bits per heavy atom. The van der Waals surface area contributed by atoms with Crippen LogP contribution in [-0.4, -0.2) is 39.5 Å². The molecule has 0 fully saturated rings. The van der Waals surface area contributed by atoms with E-state index in [0.29, 0.717) is 28.0 Å². The first-order valence-electron chi connectivity index (χ1n) is 10.5. The number of hydrogen-bond donors (Lipinski definition) is 1. The second-order valence-corrected chi connectivity index (χ2v) is 9.16. The molecule has 0 rings (SSSR count). The number of carbonyl (C=O) groups is 2. The van der Waals surface area contributed by atoms with Gasteiger partial charge < -0.3 is 0 Å². The van der Waals surface area contributed by atoms with Crippen molar-refractivity contribution in [3.63, 3.8) is 0 Å². The average molecular weight is 435 g/mol. The van der Waals surface area contributed by atoms with Crippen molar-refractivity contribution in [3.05, 3.63) is 0 Å². The zero-order valence-electron chi connectivity index (χ0n) is 17.3. The third-order valence-electron chi connectivity index (χ3n) is 4.51. The number of hydrogen-bond acceptors (Lipinski definition) is 3. The zero-order chi connectivity index (χ0) is 19.5. The van der Waals surface area contributed by atoms with Crippen molar-refractivity contribution in [2.75, 3.05) is 6.61 Å². The molecule has 154 valence electrons. The van der Waals surface area contributed by atoms with Crippen LogP contribution in [0.2, 0.25) is 11.1 Å². The second kappa shape index (κ2) is 19.2. The molecule has 0 saturated heterocycles. The van der Waals surface area contributed by atoms with Gasteiger partial charge in [0, 0.05) is 0 Å². The summed E-state index contributed by atoms with van der Waals surface area (Å²) < 4.78 is 5.35. The first-order valence-corrected chi connectivity index (χ1v) is 13.5. The molecule has 1 amide bonds. The number of esters is 1. The molecule has 1 N–H and O–H groups in total. The number of ether oxygens (including phenoxy) is 1. The van der Waals surface area contributed by atoms with Gasteiger partial charge in [-0.1, -0.05) is 45.4 Å². The van der Waals surface area contributed by atoms with Crippen molar-refractivity contribution in [3.8, 4) is 0 Å². The van der Waals surface area contributed by atoms with E-state index in [4.69, 9.17) is 4.74 Å². The third-order valence-corrected chi connectivity index (χ3v) is 5.87. The predicted octanol–water partition coefficient (Wildman–Crippen LogP) is 5.30. The van der Waals surface area contributed by atoms with Crippen molar-refractivity contribution in [2.45, 2.75) is 115 Å². The van der Waals surface area contributed by atoms with Crippen LogP contribution in [0.15, 0.2) is 0 Å². The van der Waals surface area contributed by atoms with Crippen LogP contribution >= 0.6 is 0 Å². The van der Waals surface area contributed by atoms with Crippen LogP contribution in [0.3, 0.4) is 0 Å². The molecule has 0 aromatic rings. The maximum atomic E-state index is 12.1. The SMILES string of the molecule is CCCCCCCCCCCCCCOC(=O)[C@H](CC[Se]C)NC(C)=O. The van der Waals surface area contributed by atoms with Gasteiger partial charge in [0.25, 0.3) is 0 Å². The van der Waals surface area contributed by atoms with E-state index < -0.39 is 6.04 Å². The molecule has 0 radical (unpaired) electrons. The van der Waals surface area contributed by atoms with E-state index in [2.05, 4.69) is 18.1 Å². The summed E-state index contributed by atoms with van der Waals surface area (Å²) in [6.07, 6.45) is 16.2. The topological polar surface area (TPSA) is 55.4 Å². The second-order valence-electron chi connectivity index (χ2n) is 7.09.